The lowest BCUT2D eigenvalue weighted by Crippen LogP contribution is -2.10. The maximum Gasteiger partial charge on any atom is 0.223 e. The van der Waals surface area contributed by atoms with Crippen LogP contribution >= 0.6 is 11.6 Å². The second kappa shape index (κ2) is 7.45. The van der Waals surface area contributed by atoms with Crippen molar-refractivity contribution in [2.45, 2.75) is 32.7 Å². The van der Waals surface area contributed by atoms with E-state index in [2.05, 4.69) is 27.2 Å². The van der Waals surface area contributed by atoms with E-state index in [0.29, 0.717) is 5.95 Å². The van der Waals surface area contributed by atoms with E-state index in [4.69, 9.17) is 11.6 Å². The van der Waals surface area contributed by atoms with Crippen molar-refractivity contribution in [2.75, 3.05) is 5.32 Å². The minimum atomic E-state index is 0.00979. The smallest absolute Gasteiger partial charge is 0.223 e. The molecule has 0 radical (unpaired) electrons. The number of nitrogens with zero attached hydrogens (tertiary/aromatic N) is 4. The van der Waals surface area contributed by atoms with Gasteiger partial charge in [-0.1, -0.05) is 24.9 Å². The number of nitrogens with one attached hydrogen (secondary N) is 1. The molecule has 1 N–H and O–H groups in total. The highest BCUT2D eigenvalue weighted by Gasteiger charge is 2.11. The zero-order chi connectivity index (χ0) is 16.9. The molecule has 1 aromatic carbocycles. The quantitative estimate of drug-likeness (QED) is 0.720. The van der Waals surface area contributed by atoms with E-state index in [1.807, 2.05) is 54.3 Å². The summed E-state index contributed by atoms with van der Waals surface area (Å²) in [5.74, 6) is 0.614. The first kappa shape index (κ1) is 16.5. The van der Waals surface area contributed by atoms with Crippen LogP contribution in [0.5, 0.6) is 0 Å². The van der Waals surface area contributed by atoms with Crippen molar-refractivity contribution in [3.63, 3.8) is 0 Å². The fraction of sp³-hybridized carbons (Fsp3) is 0.278. The van der Waals surface area contributed by atoms with Crippen LogP contribution < -0.4 is 5.32 Å². The van der Waals surface area contributed by atoms with Gasteiger partial charge < -0.3 is 9.88 Å². The average Bonchev–Trinajstić information content (AvgIpc) is 3.08. The Labute approximate surface area is 146 Å². The Morgan fingerprint density at radius 3 is 2.50 bits per heavy atom. The van der Waals surface area contributed by atoms with Crippen LogP contribution in [0.25, 0.3) is 5.69 Å². The SMILES string of the molecule is CCCc1cnc(N[C@@H](C)c2cn(-c3ccc(Cl)cc3)cn2)nc1. The molecule has 0 aliphatic carbocycles. The molecule has 0 unspecified atom stereocenters. The predicted octanol–water partition coefficient (Wildman–Crippen LogP) is 4.44. The van der Waals surface area contributed by atoms with Crippen molar-refractivity contribution in [3.8, 4) is 5.69 Å². The van der Waals surface area contributed by atoms with Gasteiger partial charge in [-0.15, -0.1) is 0 Å². The van der Waals surface area contributed by atoms with Gasteiger partial charge in [-0.25, -0.2) is 15.0 Å². The zero-order valence-electron chi connectivity index (χ0n) is 13.8. The first-order valence-electron chi connectivity index (χ1n) is 8.03. The number of imidazole rings is 1. The van der Waals surface area contributed by atoms with Crippen LogP contribution in [0.15, 0.2) is 49.2 Å². The number of hydrogen-bond acceptors (Lipinski definition) is 4. The summed E-state index contributed by atoms with van der Waals surface area (Å²) in [6.45, 7) is 4.18. The summed E-state index contributed by atoms with van der Waals surface area (Å²) >= 11 is 5.93. The molecule has 3 rings (SSSR count). The summed E-state index contributed by atoms with van der Waals surface area (Å²) in [6.07, 6.45) is 9.63. The molecule has 2 heterocycles. The van der Waals surface area contributed by atoms with Gasteiger partial charge in [0.25, 0.3) is 0 Å². The van der Waals surface area contributed by atoms with Crippen LogP contribution in [0.1, 0.15) is 37.6 Å². The lowest BCUT2D eigenvalue weighted by Gasteiger charge is -2.11. The fourth-order valence-corrected chi connectivity index (χ4v) is 2.56. The molecule has 1 atom stereocenters. The number of hydrogen-bond donors (Lipinski definition) is 1. The number of aromatic nitrogens is 4. The van der Waals surface area contributed by atoms with Gasteiger partial charge in [0.05, 0.1) is 18.1 Å². The van der Waals surface area contributed by atoms with Gasteiger partial charge in [-0.3, -0.25) is 0 Å². The van der Waals surface area contributed by atoms with Gasteiger partial charge >= 0.3 is 0 Å². The number of halogens is 1. The van der Waals surface area contributed by atoms with Crippen molar-refractivity contribution in [1.29, 1.82) is 0 Å². The minimum absolute atomic E-state index is 0.00979. The molecule has 6 heteroatoms. The Bertz CT molecular complexity index is 780. The normalized spacial score (nSPS) is 12.1. The highest BCUT2D eigenvalue weighted by molar-refractivity contribution is 6.30. The average molecular weight is 342 g/mol. The molecule has 0 bridgehead atoms. The third-order valence-electron chi connectivity index (χ3n) is 3.76. The van der Waals surface area contributed by atoms with Crippen molar-refractivity contribution >= 4 is 17.5 Å². The summed E-state index contributed by atoms with van der Waals surface area (Å²) in [4.78, 5) is 13.2. The molecule has 0 spiro atoms. The molecule has 3 aromatic rings. The summed E-state index contributed by atoms with van der Waals surface area (Å²) in [7, 11) is 0. The van der Waals surface area contributed by atoms with Crippen molar-refractivity contribution in [2.24, 2.45) is 0 Å². The van der Waals surface area contributed by atoms with Crippen LogP contribution in [-0.4, -0.2) is 19.5 Å². The Morgan fingerprint density at radius 1 is 1.12 bits per heavy atom. The topological polar surface area (TPSA) is 55.6 Å². The molecule has 0 amide bonds. The largest absolute Gasteiger partial charge is 0.346 e. The molecule has 124 valence electrons. The van der Waals surface area contributed by atoms with E-state index in [1.165, 1.54) is 0 Å². The molecule has 0 fully saturated rings. The van der Waals surface area contributed by atoms with Crippen LogP contribution in [0.2, 0.25) is 5.02 Å². The predicted molar refractivity (Wildman–Crippen MR) is 96.6 cm³/mol. The fourth-order valence-electron chi connectivity index (χ4n) is 2.43. The maximum atomic E-state index is 5.93. The van der Waals surface area contributed by atoms with Crippen LogP contribution in [0.3, 0.4) is 0 Å². The van der Waals surface area contributed by atoms with Gasteiger partial charge in [0.1, 0.15) is 0 Å². The third kappa shape index (κ3) is 3.92. The monoisotopic (exact) mass is 341 g/mol. The second-order valence-corrected chi connectivity index (χ2v) is 6.15. The Kier molecular flexibility index (Phi) is 5.11. The van der Waals surface area contributed by atoms with Crippen molar-refractivity contribution < 1.29 is 0 Å². The Hall–Kier alpha value is -2.40. The van der Waals surface area contributed by atoms with Crippen LogP contribution in [-0.2, 0) is 6.42 Å². The maximum absolute atomic E-state index is 5.93. The van der Waals surface area contributed by atoms with E-state index in [9.17, 15) is 0 Å². The lowest BCUT2D eigenvalue weighted by molar-refractivity contribution is 0.824. The van der Waals surface area contributed by atoms with Gasteiger partial charge in [-0.2, -0.15) is 0 Å². The number of aryl methyl sites for hydroxylation is 1. The first-order valence-corrected chi connectivity index (χ1v) is 8.41. The highest BCUT2D eigenvalue weighted by Crippen LogP contribution is 2.18. The highest BCUT2D eigenvalue weighted by atomic mass is 35.5. The van der Waals surface area contributed by atoms with Crippen LogP contribution in [0.4, 0.5) is 5.95 Å². The van der Waals surface area contributed by atoms with Gasteiger partial charge in [0.15, 0.2) is 0 Å². The standard InChI is InChI=1S/C18H20ClN5/c1-3-4-14-9-20-18(21-10-14)23-13(2)17-11-24(12-22-17)16-7-5-15(19)6-8-16/h5-13H,3-4H2,1-2H3,(H,20,21,23)/t13-/m0/s1. The molecule has 0 aliphatic rings. The molecule has 0 saturated carbocycles. The van der Waals surface area contributed by atoms with E-state index >= 15 is 0 Å². The molecule has 24 heavy (non-hydrogen) atoms. The van der Waals surface area contributed by atoms with Crippen molar-refractivity contribution in [1.82, 2.24) is 19.5 Å². The Balaban J connectivity index is 1.69. The van der Waals surface area contributed by atoms with E-state index in [-0.39, 0.29) is 6.04 Å². The summed E-state index contributed by atoms with van der Waals surface area (Å²) in [5, 5.41) is 4.00. The molecule has 0 saturated heterocycles. The lowest BCUT2D eigenvalue weighted by atomic mass is 10.2. The number of anilines is 1. The van der Waals surface area contributed by atoms with E-state index in [1.54, 1.807) is 6.33 Å². The Morgan fingerprint density at radius 2 is 1.83 bits per heavy atom. The summed E-state index contributed by atoms with van der Waals surface area (Å²) in [6, 6.07) is 7.66. The second-order valence-electron chi connectivity index (χ2n) is 5.71. The third-order valence-corrected chi connectivity index (χ3v) is 4.01. The zero-order valence-corrected chi connectivity index (χ0v) is 14.5. The summed E-state index contributed by atoms with van der Waals surface area (Å²) in [5.41, 5.74) is 3.10. The summed E-state index contributed by atoms with van der Waals surface area (Å²) < 4.78 is 1.97. The minimum Gasteiger partial charge on any atom is -0.346 e. The number of benzene rings is 1. The van der Waals surface area contributed by atoms with Gasteiger partial charge in [-0.05, 0) is 43.2 Å². The molecule has 0 aliphatic heterocycles. The van der Waals surface area contributed by atoms with Crippen LogP contribution in [0, 0.1) is 0 Å². The van der Waals surface area contributed by atoms with Gasteiger partial charge in [0, 0.05) is 29.3 Å². The van der Waals surface area contributed by atoms with Gasteiger partial charge in [0.2, 0.25) is 5.95 Å². The molecule has 2 aromatic heterocycles. The first-order chi connectivity index (χ1) is 11.7. The number of rotatable bonds is 6. The molecule has 5 nitrogen and oxygen atoms in total. The van der Waals surface area contributed by atoms with E-state index in [0.717, 1.165) is 34.8 Å². The molecular weight excluding hydrogens is 322 g/mol. The van der Waals surface area contributed by atoms with Crippen molar-refractivity contribution in [3.05, 3.63) is 65.5 Å². The molecular formula is C18H20ClN5. The van der Waals surface area contributed by atoms with E-state index < -0.39 is 0 Å².